The summed E-state index contributed by atoms with van der Waals surface area (Å²) in [6, 6.07) is 25.6. The van der Waals surface area contributed by atoms with E-state index in [2.05, 4.69) is 10.4 Å². The van der Waals surface area contributed by atoms with Gasteiger partial charge in [-0.25, -0.2) is 4.68 Å². The number of nitrogens with one attached hydrogen (secondary N) is 1. The number of ketones is 1. The van der Waals surface area contributed by atoms with Gasteiger partial charge in [-0.2, -0.15) is 10.4 Å². The van der Waals surface area contributed by atoms with Crippen LogP contribution in [0.25, 0.3) is 16.9 Å². The first-order valence-electron chi connectivity index (χ1n) is 10.9. The summed E-state index contributed by atoms with van der Waals surface area (Å²) in [6.45, 7) is 0.286. The first-order valence-corrected chi connectivity index (χ1v) is 11.3. The van der Waals surface area contributed by atoms with Gasteiger partial charge in [0.1, 0.15) is 18.1 Å². The Balaban J connectivity index is 1.54. The molecule has 1 aromatic heterocycles. The molecule has 0 aliphatic carbocycles. The lowest BCUT2D eigenvalue weighted by molar-refractivity contribution is -0.122. The first-order chi connectivity index (χ1) is 17.1. The molecule has 0 spiro atoms. The second-order valence-electron chi connectivity index (χ2n) is 7.98. The van der Waals surface area contributed by atoms with E-state index in [0.717, 1.165) is 11.1 Å². The van der Waals surface area contributed by atoms with Gasteiger partial charge in [-0.15, -0.1) is 0 Å². The number of carbonyl (C=O) groups excluding carboxylic acids is 2. The summed E-state index contributed by atoms with van der Waals surface area (Å²) in [5, 5.41) is 17.5. The zero-order valence-corrected chi connectivity index (χ0v) is 19.2. The predicted octanol–water partition coefficient (Wildman–Crippen LogP) is 4.72. The lowest BCUT2D eigenvalue weighted by atomic mass is 9.96. The van der Waals surface area contributed by atoms with E-state index < -0.39 is 17.6 Å². The van der Waals surface area contributed by atoms with Gasteiger partial charge >= 0.3 is 0 Å². The summed E-state index contributed by atoms with van der Waals surface area (Å²) >= 11 is 6.22. The number of rotatable bonds is 6. The van der Waals surface area contributed by atoms with Crippen molar-refractivity contribution in [3.8, 4) is 28.8 Å². The largest absolute Gasteiger partial charge is 0.488 e. The number of nitrogens with zero attached hydrogens (tertiary/aromatic N) is 3. The molecule has 172 valence electrons. The van der Waals surface area contributed by atoms with Gasteiger partial charge < -0.3 is 10.1 Å². The average molecular weight is 483 g/mol. The Morgan fingerprint density at radius 2 is 1.86 bits per heavy atom. The molecule has 4 aromatic rings. The Hall–Kier alpha value is -4.41. The molecule has 1 aliphatic rings. The van der Waals surface area contributed by atoms with Crippen molar-refractivity contribution in [2.45, 2.75) is 13.2 Å². The number of amides is 1. The van der Waals surface area contributed by atoms with Crippen molar-refractivity contribution in [1.29, 1.82) is 5.26 Å². The highest BCUT2D eigenvalue weighted by atomic mass is 35.5. The summed E-state index contributed by atoms with van der Waals surface area (Å²) in [6.07, 6.45) is 0. The van der Waals surface area contributed by atoms with Crippen molar-refractivity contribution < 1.29 is 14.3 Å². The van der Waals surface area contributed by atoms with E-state index in [0.29, 0.717) is 27.7 Å². The summed E-state index contributed by atoms with van der Waals surface area (Å²) in [7, 11) is 0. The third-order valence-electron chi connectivity index (χ3n) is 5.75. The van der Waals surface area contributed by atoms with Crippen LogP contribution in [0.4, 0.5) is 0 Å². The van der Waals surface area contributed by atoms with E-state index in [4.69, 9.17) is 16.3 Å². The fourth-order valence-corrected chi connectivity index (χ4v) is 4.24. The molecular weight excluding hydrogens is 464 g/mol. The quantitative estimate of drug-likeness (QED) is 0.316. The topological polar surface area (TPSA) is 97.0 Å². The van der Waals surface area contributed by atoms with E-state index in [1.807, 2.05) is 66.7 Å². The van der Waals surface area contributed by atoms with E-state index >= 15 is 0 Å². The number of halogens is 1. The number of nitriles is 1. The highest BCUT2D eigenvalue weighted by Crippen LogP contribution is 2.40. The van der Waals surface area contributed by atoms with Gasteiger partial charge in [-0.3, -0.25) is 9.59 Å². The number of hydrogen-bond donors (Lipinski definition) is 1. The van der Waals surface area contributed by atoms with Crippen LogP contribution in [0.3, 0.4) is 0 Å². The van der Waals surface area contributed by atoms with Gasteiger partial charge in [0.2, 0.25) is 11.7 Å². The van der Waals surface area contributed by atoms with Crippen LogP contribution in [-0.2, 0) is 17.9 Å². The number of fused-ring (bicyclic) bond motifs is 3. The Bertz CT molecular complexity index is 1470. The number of hydrogen-bond acceptors (Lipinski definition) is 5. The van der Waals surface area contributed by atoms with E-state index in [-0.39, 0.29) is 18.8 Å². The molecule has 35 heavy (non-hydrogen) atoms. The van der Waals surface area contributed by atoms with Crippen molar-refractivity contribution in [1.82, 2.24) is 15.1 Å². The third-order valence-corrected chi connectivity index (χ3v) is 5.98. The summed E-state index contributed by atoms with van der Waals surface area (Å²) < 4.78 is 7.49. The van der Waals surface area contributed by atoms with Crippen molar-refractivity contribution in [3.05, 3.63) is 101 Å². The Morgan fingerprint density at radius 1 is 1.09 bits per heavy atom. The molecule has 0 radical (unpaired) electrons. The van der Waals surface area contributed by atoms with E-state index in [9.17, 15) is 14.9 Å². The minimum Gasteiger partial charge on any atom is -0.488 e. The van der Waals surface area contributed by atoms with Gasteiger partial charge in [0, 0.05) is 22.7 Å². The number of carbonyl (C=O) groups is 2. The Morgan fingerprint density at radius 3 is 2.63 bits per heavy atom. The molecule has 8 heteroatoms. The molecule has 1 N–H and O–H groups in total. The van der Waals surface area contributed by atoms with Gasteiger partial charge in [-0.1, -0.05) is 60.1 Å². The fourth-order valence-electron chi connectivity index (χ4n) is 4.05. The second-order valence-corrected chi connectivity index (χ2v) is 8.42. The normalized spacial score (nSPS) is 12.5. The summed E-state index contributed by atoms with van der Waals surface area (Å²) in [5.74, 6) is -2.26. The molecule has 7 nitrogen and oxygen atoms in total. The van der Waals surface area contributed by atoms with Crippen LogP contribution in [-0.4, -0.2) is 21.5 Å². The van der Waals surface area contributed by atoms with Crippen LogP contribution in [0.2, 0.25) is 5.02 Å². The maximum Gasteiger partial charge on any atom is 0.245 e. The van der Waals surface area contributed by atoms with Crippen LogP contribution in [0.1, 0.15) is 21.6 Å². The number of benzene rings is 3. The van der Waals surface area contributed by atoms with Crippen LogP contribution in [0, 0.1) is 17.2 Å². The maximum absolute atomic E-state index is 13.5. The minimum absolute atomic E-state index is 0.0240. The molecule has 2 heterocycles. The molecule has 0 saturated carbocycles. The molecular formula is C27H19ClN4O3. The molecule has 5 rings (SSSR count). The molecule has 0 bridgehead atoms. The van der Waals surface area contributed by atoms with Crippen molar-refractivity contribution in [2.75, 3.05) is 0 Å². The summed E-state index contributed by atoms with van der Waals surface area (Å²) in [4.78, 5) is 26.3. The van der Waals surface area contributed by atoms with Crippen molar-refractivity contribution in [2.24, 2.45) is 5.92 Å². The summed E-state index contributed by atoms with van der Waals surface area (Å²) in [5.41, 5.74) is 3.46. The second kappa shape index (κ2) is 9.45. The third kappa shape index (κ3) is 4.27. The standard InChI is InChI=1S/C27H19ClN4O3/c28-18-9-6-10-19(13-18)32-25-20-11-4-5-12-23(20)35-16-22(25)24(31-32)26(33)21(14-29)27(34)30-15-17-7-2-1-3-8-17/h1-13,21H,15-16H2,(H,30,34). The van der Waals surface area contributed by atoms with Gasteiger partial charge in [0.05, 0.1) is 17.5 Å². The molecule has 1 aliphatic heterocycles. The molecule has 1 amide bonds. The molecule has 0 fully saturated rings. The first kappa shape index (κ1) is 22.4. The number of para-hydroxylation sites is 1. The zero-order chi connectivity index (χ0) is 24.4. The van der Waals surface area contributed by atoms with Crippen LogP contribution in [0.5, 0.6) is 5.75 Å². The number of ether oxygens (including phenoxy) is 1. The predicted molar refractivity (Wildman–Crippen MR) is 130 cm³/mol. The monoisotopic (exact) mass is 482 g/mol. The maximum atomic E-state index is 13.5. The van der Waals surface area contributed by atoms with Gasteiger partial charge in [0.25, 0.3) is 0 Å². The molecule has 3 aromatic carbocycles. The molecule has 1 atom stereocenters. The van der Waals surface area contributed by atoms with Crippen LogP contribution in [0.15, 0.2) is 78.9 Å². The lowest BCUT2D eigenvalue weighted by Gasteiger charge is -2.19. The molecule has 1 unspecified atom stereocenters. The Kier molecular flexibility index (Phi) is 6.04. The Labute approximate surface area is 206 Å². The van der Waals surface area contributed by atoms with Crippen molar-refractivity contribution >= 4 is 23.3 Å². The molecule has 0 saturated heterocycles. The highest BCUT2D eigenvalue weighted by molar-refractivity contribution is 6.30. The minimum atomic E-state index is -1.55. The number of Topliss-reactive ketones (excluding diaryl/α,β-unsaturated/α-hetero) is 1. The lowest BCUT2D eigenvalue weighted by Crippen LogP contribution is -2.35. The van der Waals surface area contributed by atoms with Crippen LogP contribution >= 0.6 is 11.6 Å². The van der Waals surface area contributed by atoms with Gasteiger partial charge in [-0.05, 0) is 35.9 Å². The zero-order valence-electron chi connectivity index (χ0n) is 18.4. The SMILES string of the molecule is N#CC(C(=O)NCc1ccccc1)C(=O)c1nn(-c2cccc(Cl)c2)c2c1COc1ccccc1-2. The highest BCUT2D eigenvalue weighted by Gasteiger charge is 2.35. The fraction of sp³-hybridized carbons (Fsp3) is 0.111. The smallest absolute Gasteiger partial charge is 0.245 e. The van der Waals surface area contributed by atoms with Gasteiger partial charge in [0.15, 0.2) is 5.92 Å². The average Bonchev–Trinajstić information content (AvgIpc) is 3.29. The van der Waals surface area contributed by atoms with Crippen molar-refractivity contribution in [3.63, 3.8) is 0 Å². The number of aromatic nitrogens is 2. The van der Waals surface area contributed by atoms with E-state index in [1.165, 1.54) is 0 Å². The van der Waals surface area contributed by atoms with E-state index in [1.54, 1.807) is 22.9 Å². The van der Waals surface area contributed by atoms with Crippen LogP contribution < -0.4 is 10.1 Å².